The number of halogens is 1. The predicted octanol–water partition coefficient (Wildman–Crippen LogP) is 4.00. The molecule has 1 unspecified atom stereocenters. The van der Waals surface area contributed by atoms with Crippen molar-refractivity contribution in [1.82, 2.24) is 5.32 Å². The molecule has 3 nitrogen and oxygen atoms in total. The minimum Gasteiger partial charge on any atom is -0.497 e. The number of aryl methyl sites for hydroxylation is 1. The second kappa shape index (κ2) is 7.34. The molecule has 1 atom stereocenters. The van der Waals surface area contributed by atoms with Crippen LogP contribution in [0.1, 0.15) is 17.2 Å². The van der Waals surface area contributed by atoms with Crippen LogP contribution >= 0.6 is 11.6 Å². The number of hydrogen-bond acceptors (Lipinski definition) is 3. The predicted molar refractivity (Wildman–Crippen MR) is 86.5 cm³/mol. The monoisotopic (exact) mass is 305 g/mol. The molecule has 0 fully saturated rings. The van der Waals surface area contributed by atoms with Crippen molar-refractivity contribution >= 4 is 11.6 Å². The number of methoxy groups -OCH3 is 1. The summed E-state index contributed by atoms with van der Waals surface area (Å²) in [5, 5.41) is 3.94. The fourth-order valence-corrected chi connectivity index (χ4v) is 2.25. The Labute approximate surface area is 130 Å². The summed E-state index contributed by atoms with van der Waals surface area (Å²) in [6.07, 6.45) is 0. The molecule has 0 aromatic heterocycles. The van der Waals surface area contributed by atoms with Crippen LogP contribution in [0.15, 0.2) is 42.5 Å². The molecule has 2 aromatic rings. The minimum absolute atomic E-state index is 0.106. The molecule has 0 saturated carbocycles. The summed E-state index contributed by atoms with van der Waals surface area (Å²) in [4.78, 5) is 0. The molecule has 0 amide bonds. The maximum absolute atomic E-state index is 6.01. The normalized spacial score (nSPS) is 12.0. The number of hydrogen-bond donors (Lipinski definition) is 1. The van der Waals surface area contributed by atoms with Crippen molar-refractivity contribution in [3.63, 3.8) is 0 Å². The van der Waals surface area contributed by atoms with Crippen LogP contribution in [-0.4, -0.2) is 20.8 Å². The number of nitrogens with one attached hydrogen (secondary N) is 1. The maximum Gasteiger partial charge on any atom is 0.123 e. The van der Waals surface area contributed by atoms with Gasteiger partial charge in [-0.15, -0.1) is 0 Å². The lowest BCUT2D eigenvalue weighted by Gasteiger charge is -2.19. The SMILES string of the molecule is CNC(COc1cc(Cl)ccc1C)c1ccc(OC)cc1. The molecular formula is C17H20ClNO2. The summed E-state index contributed by atoms with van der Waals surface area (Å²) in [5.74, 6) is 1.66. The average molecular weight is 306 g/mol. The zero-order chi connectivity index (χ0) is 15.2. The average Bonchev–Trinajstić information content (AvgIpc) is 2.51. The molecule has 1 N–H and O–H groups in total. The molecule has 0 spiro atoms. The van der Waals surface area contributed by atoms with Gasteiger partial charge in [0.05, 0.1) is 13.2 Å². The highest BCUT2D eigenvalue weighted by molar-refractivity contribution is 6.30. The second-order valence-corrected chi connectivity index (χ2v) is 5.27. The molecule has 2 rings (SSSR count). The highest BCUT2D eigenvalue weighted by Crippen LogP contribution is 2.24. The Morgan fingerprint density at radius 1 is 1.14 bits per heavy atom. The Bertz CT molecular complexity index is 584. The van der Waals surface area contributed by atoms with Crippen molar-refractivity contribution in [3.05, 3.63) is 58.6 Å². The summed E-state index contributed by atoms with van der Waals surface area (Å²) in [5.41, 5.74) is 2.22. The van der Waals surface area contributed by atoms with E-state index < -0.39 is 0 Å². The molecule has 4 heteroatoms. The van der Waals surface area contributed by atoms with Crippen molar-refractivity contribution in [2.24, 2.45) is 0 Å². The summed E-state index contributed by atoms with van der Waals surface area (Å²) < 4.78 is 11.1. The second-order valence-electron chi connectivity index (χ2n) is 4.84. The lowest BCUT2D eigenvalue weighted by atomic mass is 10.1. The van der Waals surface area contributed by atoms with Gasteiger partial charge in [0.25, 0.3) is 0 Å². The van der Waals surface area contributed by atoms with E-state index in [0.717, 1.165) is 22.6 Å². The molecule has 0 bridgehead atoms. The van der Waals surface area contributed by atoms with Crippen LogP contribution in [-0.2, 0) is 0 Å². The third-order valence-corrected chi connectivity index (χ3v) is 3.66. The quantitative estimate of drug-likeness (QED) is 0.875. The molecule has 0 radical (unpaired) electrons. The van der Waals surface area contributed by atoms with E-state index in [9.17, 15) is 0 Å². The smallest absolute Gasteiger partial charge is 0.123 e. The third-order valence-electron chi connectivity index (χ3n) is 3.42. The summed E-state index contributed by atoms with van der Waals surface area (Å²) in [6, 6.07) is 13.7. The van der Waals surface area contributed by atoms with E-state index in [1.165, 1.54) is 0 Å². The van der Waals surface area contributed by atoms with Crippen molar-refractivity contribution < 1.29 is 9.47 Å². The summed E-state index contributed by atoms with van der Waals surface area (Å²) in [6.45, 7) is 2.54. The van der Waals surface area contributed by atoms with Crippen LogP contribution < -0.4 is 14.8 Å². The molecule has 0 heterocycles. The van der Waals surface area contributed by atoms with Crippen LogP contribution in [0.2, 0.25) is 5.02 Å². The Kier molecular flexibility index (Phi) is 5.48. The van der Waals surface area contributed by atoms with Crippen LogP contribution in [0.5, 0.6) is 11.5 Å². The molecule has 112 valence electrons. The van der Waals surface area contributed by atoms with Crippen molar-refractivity contribution in [1.29, 1.82) is 0 Å². The fraction of sp³-hybridized carbons (Fsp3) is 0.294. The molecule has 0 aliphatic heterocycles. The zero-order valence-corrected chi connectivity index (χ0v) is 13.3. The van der Waals surface area contributed by atoms with Gasteiger partial charge >= 0.3 is 0 Å². The largest absolute Gasteiger partial charge is 0.497 e. The van der Waals surface area contributed by atoms with Crippen molar-refractivity contribution in [2.75, 3.05) is 20.8 Å². The molecule has 21 heavy (non-hydrogen) atoms. The zero-order valence-electron chi connectivity index (χ0n) is 12.5. The first-order chi connectivity index (χ1) is 10.1. The van der Waals surface area contributed by atoms with E-state index in [4.69, 9.17) is 21.1 Å². The highest BCUT2D eigenvalue weighted by atomic mass is 35.5. The number of likely N-dealkylation sites (N-methyl/N-ethyl adjacent to an activating group) is 1. The van der Waals surface area contributed by atoms with Gasteiger partial charge in [0, 0.05) is 5.02 Å². The van der Waals surface area contributed by atoms with Gasteiger partial charge in [-0.25, -0.2) is 0 Å². The highest BCUT2D eigenvalue weighted by Gasteiger charge is 2.11. The Hall–Kier alpha value is -1.71. The van der Waals surface area contributed by atoms with Crippen molar-refractivity contribution in [2.45, 2.75) is 13.0 Å². The molecule has 0 saturated heterocycles. The first-order valence-corrected chi connectivity index (χ1v) is 7.22. The maximum atomic E-state index is 6.01. The topological polar surface area (TPSA) is 30.5 Å². The molecular weight excluding hydrogens is 286 g/mol. The first-order valence-electron chi connectivity index (χ1n) is 6.84. The molecule has 0 aliphatic rings. The van der Waals surface area contributed by atoms with Gasteiger partial charge in [0.15, 0.2) is 0 Å². The van der Waals surface area contributed by atoms with Crippen LogP contribution in [0.25, 0.3) is 0 Å². The fourth-order valence-electron chi connectivity index (χ4n) is 2.08. The Balaban J connectivity index is 2.06. The van der Waals surface area contributed by atoms with Gasteiger partial charge in [-0.1, -0.05) is 29.8 Å². The van der Waals surface area contributed by atoms with Gasteiger partial charge in [0.2, 0.25) is 0 Å². The van der Waals surface area contributed by atoms with Gasteiger partial charge < -0.3 is 14.8 Å². The van der Waals surface area contributed by atoms with Crippen LogP contribution in [0.3, 0.4) is 0 Å². The Morgan fingerprint density at radius 3 is 2.48 bits per heavy atom. The van der Waals surface area contributed by atoms with Crippen LogP contribution in [0.4, 0.5) is 0 Å². The number of ether oxygens (including phenoxy) is 2. The lowest BCUT2D eigenvalue weighted by Crippen LogP contribution is -2.23. The van der Waals surface area contributed by atoms with E-state index in [-0.39, 0.29) is 6.04 Å². The summed E-state index contributed by atoms with van der Waals surface area (Å²) >= 11 is 6.01. The van der Waals surface area contributed by atoms with E-state index in [1.54, 1.807) is 7.11 Å². The Morgan fingerprint density at radius 2 is 1.86 bits per heavy atom. The lowest BCUT2D eigenvalue weighted by molar-refractivity contribution is 0.271. The third kappa shape index (κ3) is 4.13. The van der Waals surface area contributed by atoms with E-state index in [2.05, 4.69) is 5.32 Å². The molecule has 0 aliphatic carbocycles. The van der Waals surface area contributed by atoms with Crippen molar-refractivity contribution in [3.8, 4) is 11.5 Å². The van der Waals surface area contributed by atoms with E-state index in [1.807, 2.05) is 56.4 Å². The first kappa shape index (κ1) is 15.7. The number of rotatable bonds is 6. The summed E-state index contributed by atoms with van der Waals surface area (Å²) in [7, 11) is 3.58. The minimum atomic E-state index is 0.106. The van der Waals surface area contributed by atoms with E-state index in [0.29, 0.717) is 11.6 Å². The van der Waals surface area contributed by atoms with Crippen LogP contribution in [0, 0.1) is 6.92 Å². The van der Waals surface area contributed by atoms with E-state index >= 15 is 0 Å². The van der Waals surface area contributed by atoms with Gasteiger partial charge in [-0.05, 0) is 49.4 Å². The molecule has 2 aromatic carbocycles. The standard InChI is InChI=1S/C17H20ClNO2/c1-12-4-7-14(18)10-17(12)21-11-16(19-2)13-5-8-15(20-3)9-6-13/h4-10,16,19H,11H2,1-3H3. The van der Waals surface area contributed by atoms with Gasteiger partial charge in [0.1, 0.15) is 18.1 Å². The van der Waals surface area contributed by atoms with Gasteiger partial charge in [-0.2, -0.15) is 0 Å². The number of benzene rings is 2. The van der Waals surface area contributed by atoms with Gasteiger partial charge in [-0.3, -0.25) is 0 Å².